The molecule has 1 aliphatic rings. The molecule has 0 aliphatic heterocycles. The molecule has 0 aromatic heterocycles. The molecule has 92 valence electrons. The van der Waals surface area contributed by atoms with E-state index in [0.717, 1.165) is 0 Å². The Balaban J connectivity index is 2.33. The van der Waals surface area contributed by atoms with Crippen LogP contribution in [-0.4, -0.2) is 39.7 Å². The van der Waals surface area contributed by atoms with Crippen molar-refractivity contribution in [3.05, 3.63) is 0 Å². The molecule has 0 aromatic carbocycles. The van der Waals surface area contributed by atoms with E-state index in [4.69, 9.17) is 10.9 Å². The smallest absolute Gasteiger partial charge is 0.233 e. The third-order valence-electron chi connectivity index (χ3n) is 2.68. The number of hydrogen-bond acceptors (Lipinski definition) is 4. The van der Waals surface area contributed by atoms with E-state index in [9.17, 15) is 9.00 Å². The third-order valence-corrected chi connectivity index (χ3v) is 3.54. The van der Waals surface area contributed by atoms with Gasteiger partial charge in [0.2, 0.25) is 5.91 Å². The van der Waals surface area contributed by atoms with Crippen molar-refractivity contribution >= 4 is 22.5 Å². The molecule has 1 unspecified atom stereocenters. The minimum Gasteiger partial charge on any atom is -0.409 e. The first-order valence-electron chi connectivity index (χ1n) is 5.09. The van der Waals surface area contributed by atoms with Crippen molar-refractivity contribution in [3.8, 4) is 0 Å². The summed E-state index contributed by atoms with van der Waals surface area (Å²) in [6.07, 6.45) is 3.53. The minimum absolute atomic E-state index is 0.0240. The van der Waals surface area contributed by atoms with Crippen molar-refractivity contribution < 1.29 is 14.2 Å². The van der Waals surface area contributed by atoms with Crippen LogP contribution < -0.4 is 11.1 Å². The van der Waals surface area contributed by atoms with E-state index in [2.05, 4.69) is 10.5 Å². The van der Waals surface area contributed by atoms with Crippen molar-refractivity contribution in [1.82, 2.24) is 5.32 Å². The number of hydrogen-bond donors (Lipinski definition) is 3. The molecular formula is C9H17N3O3S. The number of oxime groups is 1. The summed E-state index contributed by atoms with van der Waals surface area (Å²) < 4.78 is 10.8. The maximum atomic E-state index is 11.7. The van der Waals surface area contributed by atoms with Crippen LogP contribution in [0, 0.1) is 5.41 Å². The van der Waals surface area contributed by atoms with Gasteiger partial charge in [0, 0.05) is 29.4 Å². The lowest BCUT2D eigenvalue weighted by Gasteiger charge is -2.13. The molecule has 0 heterocycles. The average molecular weight is 247 g/mol. The molecule has 7 heteroatoms. The summed E-state index contributed by atoms with van der Waals surface area (Å²) in [5.41, 5.74) is 4.67. The summed E-state index contributed by atoms with van der Waals surface area (Å²) in [5.74, 6) is 0.338. The fourth-order valence-corrected chi connectivity index (χ4v) is 2.02. The predicted molar refractivity (Wildman–Crippen MR) is 61.6 cm³/mol. The van der Waals surface area contributed by atoms with Gasteiger partial charge in [-0.25, -0.2) is 0 Å². The quantitative estimate of drug-likeness (QED) is 0.191. The maximum Gasteiger partial charge on any atom is 0.233 e. The van der Waals surface area contributed by atoms with Crippen LogP contribution in [0.3, 0.4) is 0 Å². The van der Waals surface area contributed by atoms with E-state index < -0.39 is 16.2 Å². The van der Waals surface area contributed by atoms with Gasteiger partial charge in [-0.3, -0.25) is 9.00 Å². The standard InChI is InChI=1S/C9H17N3O3S/c1-16(15)6-2-5-11-8(13)9(3-4-9)7(10)12-14/h14H,2-6H2,1H3,(H2,10,12)(H,11,13). The van der Waals surface area contributed by atoms with Crippen molar-refractivity contribution in [2.45, 2.75) is 19.3 Å². The van der Waals surface area contributed by atoms with Gasteiger partial charge in [-0.05, 0) is 19.3 Å². The van der Waals surface area contributed by atoms with Crippen LogP contribution in [-0.2, 0) is 15.6 Å². The second-order valence-corrected chi connectivity index (χ2v) is 5.51. The molecule has 1 saturated carbocycles. The van der Waals surface area contributed by atoms with Crippen LogP contribution >= 0.6 is 0 Å². The van der Waals surface area contributed by atoms with Crippen LogP contribution in [0.4, 0.5) is 0 Å². The zero-order chi connectivity index (χ0) is 12.2. The number of rotatable bonds is 6. The highest BCUT2D eigenvalue weighted by Gasteiger charge is 2.53. The van der Waals surface area contributed by atoms with E-state index in [-0.39, 0.29) is 11.7 Å². The Labute approximate surface area is 96.7 Å². The largest absolute Gasteiger partial charge is 0.409 e. The fraction of sp³-hybridized carbons (Fsp3) is 0.778. The Morgan fingerprint density at radius 2 is 2.25 bits per heavy atom. The molecule has 1 aliphatic carbocycles. The summed E-state index contributed by atoms with van der Waals surface area (Å²) in [5, 5.41) is 14.1. The van der Waals surface area contributed by atoms with Crippen molar-refractivity contribution in [1.29, 1.82) is 0 Å². The molecule has 6 nitrogen and oxygen atoms in total. The zero-order valence-corrected chi connectivity index (χ0v) is 10.0. The molecular weight excluding hydrogens is 230 g/mol. The van der Waals surface area contributed by atoms with Crippen molar-refractivity contribution in [2.75, 3.05) is 18.6 Å². The SMILES string of the molecule is CS(=O)CCCNC(=O)C1(C(N)=NO)CC1. The Hall–Kier alpha value is -1.11. The molecule has 0 aromatic rings. The van der Waals surface area contributed by atoms with Gasteiger partial charge in [-0.15, -0.1) is 0 Å². The number of nitrogens with zero attached hydrogens (tertiary/aromatic N) is 1. The summed E-state index contributed by atoms with van der Waals surface area (Å²) >= 11 is 0. The molecule has 0 bridgehead atoms. The Kier molecular flexibility index (Phi) is 4.28. The summed E-state index contributed by atoms with van der Waals surface area (Å²) in [7, 11) is -0.836. The van der Waals surface area contributed by atoms with Gasteiger partial charge in [-0.2, -0.15) is 0 Å². The molecule has 1 amide bonds. The normalized spacial score (nSPS) is 20.2. The topological polar surface area (TPSA) is 105 Å². The van der Waals surface area contributed by atoms with Gasteiger partial charge >= 0.3 is 0 Å². The Morgan fingerprint density at radius 3 is 2.69 bits per heavy atom. The van der Waals surface area contributed by atoms with E-state index >= 15 is 0 Å². The molecule has 0 radical (unpaired) electrons. The molecule has 4 N–H and O–H groups in total. The second kappa shape index (κ2) is 5.29. The van der Waals surface area contributed by atoms with Gasteiger partial charge in [-0.1, -0.05) is 5.16 Å². The molecule has 16 heavy (non-hydrogen) atoms. The zero-order valence-electron chi connectivity index (χ0n) is 9.23. The lowest BCUT2D eigenvalue weighted by Crippen LogP contribution is -2.41. The first-order chi connectivity index (χ1) is 7.53. The minimum atomic E-state index is -0.836. The predicted octanol–water partition coefficient (Wildman–Crippen LogP) is -0.602. The monoisotopic (exact) mass is 247 g/mol. The van der Waals surface area contributed by atoms with Crippen LogP contribution in [0.15, 0.2) is 5.16 Å². The molecule has 1 atom stereocenters. The van der Waals surface area contributed by atoms with E-state index in [0.29, 0.717) is 31.6 Å². The first-order valence-corrected chi connectivity index (χ1v) is 6.82. The highest BCUT2D eigenvalue weighted by molar-refractivity contribution is 7.84. The lowest BCUT2D eigenvalue weighted by atomic mass is 10.1. The third kappa shape index (κ3) is 2.94. The van der Waals surface area contributed by atoms with Gasteiger partial charge in [0.05, 0.1) is 0 Å². The van der Waals surface area contributed by atoms with Gasteiger partial charge in [0.1, 0.15) is 5.41 Å². The molecule has 1 rings (SSSR count). The molecule has 0 spiro atoms. The maximum absolute atomic E-state index is 11.7. The Bertz CT molecular complexity index is 326. The molecule has 0 saturated heterocycles. The van der Waals surface area contributed by atoms with Crippen LogP contribution in [0.5, 0.6) is 0 Å². The van der Waals surface area contributed by atoms with Gasteiger partial charge in [0.15, 0.2) is 5.84 Å². The van der Waals surface area contributed by atoms with Crippen LogP contribution in [0.25, 0.3) is 0 Å². The second-order valence-electron chi connectivity index (χ2n) is 3.95. The first kappa shape index (κ1) is 13.0. The number of nitrogens with two attached hydrogens (primary N) is 1. The highest BCUT2D eigenvalue weighted by Crippen LogP contribution is 2.45. The van der Waals surface area contributed by atoms with E-state index in [1.54, 1.807) is 6.26 Å². The summed E-state index contributed by atoms with van der Waals surface area (Å²) in [4.78, 5) is 11.7. The van der Waals surface area contributed by atoms with E-state index in [1.165, 1.54) is 0 Å². The lowest BCUT2D eigenvalue weighted by molar-refractivity contribution is -0.124. The fourth-order valence-electron chi connectivity index (χ4n) is 1.47. The van der Waals surface area contributed by atoms with Gasteiger partial charge < -0.3 is 16.3 Å². The Morgan fingerprint density at radius 1 is 1.62 bits per heavy atom. The number of amides is 1. The van der Waals surface area contributed by atoms with Crippen LogP contribution in [0.1, 0.15) is 19.3 Å². The number of nitrogens with one attached hydrogen (secondary N) is 1. The number of carbonyl (C=O) groups excluding carboxylic acids is 1. The van der Waals surface area contributed by atoms with Gasteiger partial charge in [0.25, 0.3) is 0 Å². The average Bonchev–Trinajstić information content (AvgIpc) is 3.03. The van der Waals surface area contributed by atoms with Crippen molar-refractivity contribution in [2.24, 2.45) is 16.3 Å². The van der Waals surface area contributed by atoms with Crippen LogP contribution in [0.2, 0.25) is 0 Å². The van der Waals surface area contributed by atoms with Crippen molar-refractivity contribution in [3.63, 3.8) is 0 Å². The summed E-state index contributed by atoms with van der Waals surface area (Å²) in [6.45, 7) is 0.471. The number of carbonyl (C=O) groups is 1. The summed E-state index contributed by atoms with van der Waals surface area (Å²) in [6, 6.07) is 0. The molecule has 1 fully saturated rings. The van der Waals surface area contributed by atoms with E-state index in [1.807, 2.05) is 0 Å². The highest BCUT2D eigenvalue weighted by atomic mass is 32.2. The number of amidine groups is 1.